The number of rotatable bonds is 13. The number of fused-ring (bicyclic) bond motifs is 1. The molecule has 3 aliphatic heterocycles. The number of ether oxygens (including phenoxy) is 1. The lowest BCUT2D eigenvalue weighted by molar-refractivity contribution is -0.219. The zero-order valence-electron chi connectivity index (χ0n) is 62.7. The summed E-state index contributed by atoms with van der Waals surface area (Å²) in [5.74, 6) is -13.2. The largest absolute Gasteiger partial charge is 0.397 e. The monoisotopic (exact) mass is 1460 g/mol. The zero-order valence-corrected chi connectivity index (χ0v) is 62.7. The average Bonchev–Trinajstić information content (AvgIpc) is 1.72. The average molecular weight is 1470 g/mol. The maximum atomic E-state index is 15.8. The number of nitrogens with zero attached hydrogens (tertiary/aromatic N) is 9. The summed E-state index contributed by atoms with van der Waals surface area (Å²) in [7, 11) is 9.80. The molecule has 12 amide bonds. The molecule has 1 spiro atoms. The quantitative estimate of drug-likeness (QED) is 0.191. The van der Waals surface area contributed by atoms with Gasteiger partial charge in [0.25, 0.3) is 0 Å². The van der Waals surface area contributed by atoms with Gasteiger partial charge in [0.05, 0.1) is 32.2 Å². The van der Waals surface area contributed by atoms with Crippen molar-refractivity contribution in [2.75, 3.05) is 95.2 Å². The van der Waals surface area contributed by atoms with Gasteiger partial charge >= 0.3 is 6.18 Å². The van der Waals surface area contributed by atoms with Crippen LogP contribution in [0.5, 0.6) is 0 Å². The van der Waals surface area contributed by atoms with Crippen molar-refractivity contribution in [3.8, 4) is 0 Å². The molecule has 0 aromatic rings. The van der Waals surface area contributed by atoms with Gasteiger partial charge in [-0.1, -0.05) is 97.8 Å². The van der Waals surface area contributed by atoms with E-state index in [9.17, 15) is 51.5 Å². The molecule has 7 rings (SSSR count). The molecule has 25 nitrogen and oxygen atoms in total. The molecule has 3 heterocycles. The van der Waals surface area contributed by atoms with E-state index < -0.39 is 206 Å². The van der Waals surface area contributed by atoms with E-state index in [4.69, 9.17) is 4.74 Å². The Morgan fingerprint density at radius 1 is 0.592 bits per heavy atom. The summed E-state index contributed by atoms with van der Waals surface area (Å²) in [5.41, 5.74) is -1.66. The van der Waals surface area contributed by atoms with Crippen LogP contribution in [0.1, 0.15) is 195 Å². The third-order valence-corrected chi connectivity index (χ3v) is 23.5. The Kier molecular flexibility index (Phi) is 30.4. The molecular formula is C73H117F5N12O13. The predicted octanol–water partition coefficient (Wildman–Crippen LogP) is 5.54. The number of carbonyl (C=O) groups excluding carboxylic acids is 12. The first-order valence-electron chi connectivity index (χ1n) is 37.9. The van der Waals surface area contributed by atoms with E-state index >= 15 is 28.0 Å². The summed E-state index contributed by atoms with van der Waals surface area (Å²) in [6.45, 7) is 5.89. The third kappa shape index (κ3) is 20.9. The van der Waals surface area contributed by atoms with Crippen molar-refractivity contribution in [2.45, 2.75) is 267 Å². The van der Waals surface area contributed by atoms with E-state index in [-0.39, 0.29) is 64.0 Å². The first-order valence-corrected chi connectivity index (χ1v) is 37.9. The number of alkyl halides is 5. The number of amides is 12. The van der Waals surface area contributed by atoms with Crippen molar-refractivity contribution < 1.29 is 84.2 Å². The molecule has 7 aliphatic rings. The van der Waals surface area contributed by atoms with Crippen LogP contribution in [0.25, 0.3) is 0 Å². The van der Waals surface area contributed by atoms with E-state index in [1.54, 1.807) is 18.7 Å². The van der Waals surface area contributed by atoms with Crippen molar-refractivity contribution in [1.29, 1.82) is 0 Å². The molecule has 2 unspecified atom stereocenters. The number of likely N-dealkylation sites (N-methyl/N-ethyl adjacent to an activating group) is 7. The summed E-state index contributed by atoms with van der Waals surface area (Å²) >= 11 is 0. The van der Waals surface area contributed by atoms with E-state index in [0.717, 1.165) is 53.2 Å². The fourth-order valence-electron chi connectivity index (χ4n) is 16.9. The maximum Gasteiger partial charge on any atom is 0.397 e. The topological polar surface area (TPSA) is 279 Å². The fraction of sp³-hybridized carbons (Fsp3) is 0.836. The lowest BCUT2D eigenvalue weighted by Gasteiger charge is -2.43. The van der Waals surface area contributed by atoms with Crippen LogP contribution in [0, 0.1) is 29.6 Å². The Bertz CT molecular complexity index is 2970. The van der Waals surface area contributed by atoms with Gasteiger partial charge in [-0.05, 0) is 108 Å². The standard InChI is InChI=1S/C73H117F5N12O13/c1-12-25-53-64(95)80-62(45(4)13-2)69(100)84(7)43-59(93)82(5)44-60(94)86(9)55(38-46-26-17-15-18-27-46)67(98)83(6)42-57(91)79-52(31-30-47-36-50(74)61(51(75)37-47)73(76,77)78)66(97)90-41-49(103-14-3)39-54(90)65(96)81-72(32-21-22-33-72)71(102)88(11)63(48-28-19-16-20-29-48)70(101)87(10)56(40-58(92)85(53)8)68(99)89-34-23-24-35-89/h45-56,61-63H,12-44H2,1-11H3,(H,79,91)(H,80,95)(H,81,96)/t45-,47?,49+,50?,51?,52-,53-,54-,55-,56-,61?,62-,63-/m0/s1. The first-order chi connectivity index (χ1) is 48.7. The molecule has 7 fully saturated rings. The van der Waals surface area contributed by atoms with E-state index in [1.807, 2.05) is 13.8 Å². The van der Waals surface area contributed by atoms with Crippen LogP contribution in [0.4, 0.5) is 22.0 Å². The van der Waals surface area contributed by atoms with E-state index in [2.05, 4.69) is 16.0 Å². The van der Waals surface area contributed by atoms with Crippen molar-refractivity contribution >= 4 is 70.9 Å². The molecule has 30 heteroatoms. The van der Waals surface area contributed by atoms with Crippen molar-refractivity contribution in [2.24, 2.45) is 29.6 Å². The van der Waals surface area contributed by atoms with Gasteiger partial charge in [-0.2, -0.15) is 13.2 Å². The van der Waals surface area contributed by atoms with E-state index in [1.165, 1.54) is 73.8 Å². The molecule has 3 saturated heterocycles. The molecule has 0 aromatic heterocycles. The summed E-state index contributed by atoms with van der Waals surface area (Å²) in [6.07, 6.45) is -2.80. The van der Waals surface area contributed by atoms with Crippen LogP contribution in [0.15, 0.2) is 0 Å². The highest BCUT2D eigenvalue weighted by molar-refractivity contribution is 6.01. The van der Waals surface area contributed by atoms with Gasteiger partial charge in [-0.15, -0.1) is 0 Å². The van der Waals surface area contributed by atoms with Gasteiger partial charge in [0.2, 0.25) is 70.9 Å². The van der Waals surface area contributed by atoms with Gasteiger partial charge in [0, 0.05) is 82.0 Å². The molecule has 0 radical (unpaired) electrons. The van der Waals surface area contributed by atoms with Crippen molar-refractivity contribution in [1.82, 2.24) is 60.0 Å². The second-order valence-corrected chi connectivity index (χ2v) is 30.8. The number of hydrogen-bond donors (Lipinski definition) is 3. The molecule has 4 saturated carbocycles. The zero-order chi connectivity index (χ0) is 75.9. The molecule has 3 N–H and O–H groups in total. The van der Waals surface area contributed by atoms with Crippen molar-refractivity contribution in [3.05, 3.63) is 0 Å². The summed E-state index contributed by atoms with van der Waals surface area (Å²) < 4.78 is 78.7. The van der Waals surface area contributed by atoms with Crippen LogP contribution in [0.3, 0.4) is 0 Å². The smallest absolute Gasteiger partial charge is 0.377 e. The summed E-state index contributed by atoms with van der Waals surface area (Å²) in [5, 5.41) is 8.62. The lowest BCUT2D eigenvalue weighted by Crippen LogP contribution is -2.65. The van der Waals surface area contributed by atoms with Gasteiger partial charge < -0.3 is 64.8 Å². The molecule has 4 aliphatic carbocycles. The summed E-state index contributed by atoms with van der Waals surface area (Å²) in [6, 6.07) is -9.22. The number of nitrogens with one attached hydrogen (secondary N) is 3. The third-order valence-electron chi connectivity index (χ3n) is 23.5. The number of hydrogen-bond acceptors (Lipinski definition) is 13. The highest BCUT2D eigenvalue weighted by Gasteiger charge is 2.55. The molecule has 103 heavy (non-hydrogen) atoms. The van der Waals surface area contributed by atoms with Crippen molar-refractivity contribution in [3.63, 3.8) is 0 Å². The SMILES string of the molecule is CCC[C@H]1C(=O)N[C@@H]([C@@H](C)CC)C(=O)N(C)CC(=O)N(C)CC(=O)N(C)[C@@H](CC2CCCCC2)C(=O)N(C)CC(=O)N[C@@H](CCC2CC(F)C(C(F)(F)F)C(F)C2)C(=O)N2C[C@H](OCC)C[C@H]2C(=O)NC2(CCCC2)C(=O)N(C)[C@@H](C2CCCCC2)C(=O)N(C)[C@H](C(=O)N2CCCC2)CC(=O)N1C. The van der Waals surface area contributed by atoms with Gasteiger partial charge in [-0.25, -0.2) is 8.78 Å². The maximum absolute atomic E-state index is 15.8. The Balaban J connectivity index is 1.30. The van der Waals surface area contributed by atoms with Crippen LogP contribution in [0.2, 0.25) is 0 Å². The molecule has 0 aromatic carbocycles. The van der Waals surface area contributed by atoms with Gasteiger partial charge in [0.15, 0.2) is 0 Å². The first kappa shape index (κ1) is 83.5. The second-order valence-electron chi connectivity index (χ2n) is 30.8. The van der Waals surface area contributed by atoms with E-state index in [0.29, 0.717) is 77.3 Å². The number of likely N-dealkylation sites (tertiary alicyclic amines) is 1. The number of halogens is 5. The number of carbonyl (C=O) groups is 12. The lowest BCUT2D eigenvalue weighted by atomic mass is 9.76. The van der Waals surface area contributed by atoms with Crippen LogP contribution < -0.4 is 16.0 Å². The Labute approximate surface area is 604 Å². The molecule has 582 valence electrons. The highest BCUT2D eigenvalue weighted by Crippen LogP contribution is 2.45. The minimum absolute atomic E-state index is 0.0239. The summed E-state index contributed by atoms with van der Waals surface area (Å²) in [4.78, 5) is 191. The minimum atomic E-state index is -5.17. The van der Waals surface area contributed by atoms with Crippen LogP contribution in [-0.4, -0.2) is 283 Å². The van der Waals surface area contributed by atoms with Crippen LogP contribution >= 0.6 is 0 Å². The molecule has 11 atom stereocenters. The highest BCUT2D eigenvalue weighted by atomic mass is 19.4. The van der Waals surface area contributed by atoms with Gasteiger partial charge in [0.1, 0.15) is 66.1 Å². The molecule has 0 bridgehead atoms. The van der Waals surface area contributed by atoms with Crippen LogP contribution in [-0.2, 0) is 62.3 Å². The minimum Gasteiger partial charge on any atom is -0.377 e. The second kappa shape index (κ2) is 37.5. The Hall–Kier alpha value is -6.75. The molecular weight excluding hydrogens is 1350 g/mol. The fourth-order valence-corrected chi connectivity index (χ4v) is 16.9. The predicted molar refractivity (Wildman–Crippen MR) is 372 cm³/mol. The van der Waals surface area contributed by atoms with Gasteiger partial charge in [-0.3, -0.25) is 57.5 Å². The Morgan fingerprint density at radius 2 is 1.17 bits per heavy atom. The normalized spacial score (nSPS) is 30.9. The Morgan fingerprint density at radius 3 is 1.76 bits per heavy atom.